The minimum absolute atomic E-state index is 0.0669. The maximum atomic E-state index is 6.89. The smallest absolute Gasteiger partial charge is 0.333 e. The van der Waals surface area contributed by atoms with E-state index in [0.717, 1.165) is 11.2 Å². The van der Waals surface area contributed by atoms with Gasteiger partial charge in [0.25, 0.3) is 0 Å². The van der Waals surface area contributed by atoms with E-state index in [4.69, 9.17) is 4.42 Å². The molecule has 286 valence electrons. The van der Waals surface area contributed by atoms with Crippen molar-refractivity contribution in [3.05, 3.63) is 137 Å². The lowest BCUT2D eigenvalue weighted by Crippen LogP contribution is -2.58. The molecule has 0 radical (unpaired) electrons. The molecular weight excluding hydrogens is 703 g/mol. The van der Waals surface area contributed by atoms with Gasteiger partial charge in [-0.1, -0.05) is 129 Å². The molecule has 2 aromatic heterocycles. The minimum atomic E-state index is -0.219. The number of furan rings is 1. The van der Waals surface area contributed by atoms with Gasteiger partial charge in [0.15, 0.2) is 5.58 Å². The molecule has 0 spiro atoms. The van der Waals surface area contributed by atoms with Crippen molar-refractivity contribution in [1.82, 2.24) is 4.48 Å². The first kappa shape index (κ1) is 34.6. The summed E-state index contributed by atoms with van der Waals surface area (Å²) in [6.07, 6.45) is 2.38. The first-order valence-corrected chi connectivity index (χ1v) is 21.4. The van der Waals surface area contributed by atoms with Crippen molar-refractivity contribution in [2.75, 3.05) is 4.90 Å². The number of aryl methyl sites for hydroxylation is 1. The molecule has 2 aliphatic carbocycles. The van der Waals surface area contributed by atoms with Crippen LogP contribution in [0.15, 0.2) is 108 Å². The highest BCUT2D eigenvalue weighted by atomic mass is 16.3. The molecule has 6 aromatic carbocycles. The molecule has 0 atom stereocenters. The van der Waals surface area contributed by atoms with Gasteiger partial charge in [-0.25, -0.2) is 0 Å². The molecule has 0 saturated heterocycles. The molecule has 0 fully saturated rings. The fourth-order valence-corrected chi connectivity index (χ4v) is 11.9. The summed E-state index contributed by atoms with van der Waals surface area (Å²) in [5, 5.41) is 2.36. The summed E-state index contributed by atoms with van der Waals surface area (Å²) < 4.78 is 9.59. The van der Waals surface area contributed by atoms with Gasteiger partial charge in [0.1, 0.15) is 5.58 Å². The van der Waals surface area contributed by atoms with Crippen molar-refractivity contribution in [1.29, 1.82) is 0 Å². The monoisotopic (exact) mass is 754 g/mol. The van der Waals surface area contributed by atoms with Gasteiger partial charge in [0, 0.05) is 44.3 Å². The van der Waals surface area contributed by atoms with E-state index in [1.165, 1.54) is 118 Å². The number of rotatable bonds is 1. The molecule has 4 aliphatic rings. The largest absolute Gasteiger partial charge is 0.454 e. The Labute approximate surface area is 342 Å². The van der Waals surface area contributed by atoms with Crippen molar-refractivity contribution in [3.63, 3.8) is 0 Å². The number of fused-ring (bicyclic) bond motifs is 14. The highest BCUT2D eigenvalue weighted by Gasteiger charge is 2.50. The van der Waals surface area contributed by atoms with Crippen LogP contribution in [0.25, 0.3) is 55.2 Å². The standard InChI is InChI=1S/C54H51BN2O/c1-30-26-39-40(53(7,8)25-24-52(39,5)6)29-42(30)56-41-23-22-33-32-16-11-13-20-38(32)54(9,10)45(33)47(41)55-46-37(27-31(28-43(46)56)51(2,3)4)34-18-15-19-36-48(34)57(55)49-35-17-12-14-21-44(35)58-50(36)49/h11-23,26-29H,24-25H2,1-10H3. The van der Waals surface area contributed by atoms with E-state index < -0.39 is 0 Å². The number of anilines is 3. The van der Waals surface area contributed by atoms with Crippen LogP contribution in [-0.2, 0) is 21.7 Å². The first-order valence-electron chi connectivity index (χ1n) is 21.4. The molecule has 2 aliphatic heterocycles. The Morgan fingerprint density at radius 1 is 0.586 bits per heavy atom. The van der Waals surface area contributed by atoms with Crippen molar-refractivity contribution < 1.29 is 4.42 Å². The van der Waals surface area contributed by atoms with Gasteiger partial charge in [-0.05, 0) is 133 Å². The van der Waals surface area contributed by atoms with E-state index >= 15 is 0 Å². The number of aromatic nitrogens is 1. The summed E-state index contributed by atoms with van der Waals surface area (Å²) in [6, 6.07) is 39.8. The van der Waals surface area contributed by atoms with Crippen molar-refractivity contribution in [2.24, 2.45) is 0 Å². The van der Waals surface area contributed by atoms with Gasteiger partial charge in [-0.2, -0.15) is 0 Å². The summed E-state index contributed by atoms with van der Waals surface area (Å²) in [5.41, 5.74) is 24.8. The molecule has 3 nitrogen and oxygen atoms in total. The van der Waals surface area contributed by atoms with Gasteiger partial charge in [0.05, 0.1) is 5.52 Å². The Bertz CT molecular complexity index is 3160. The van der Waals surface area contributed by atoms with E-state index in [0.29, 0.717) is 0 Å². The zero-order chi connectivity index (χ0) is 40.0. The highest BCUT2D eigenvalue weighted by Crippen LogP contribution is 2.55. The predicted octanol–water partition coefficient (Wildman–Crippen LogP) is 13.2. The molecule has 0 unspecified atom stereocenters. The van der Waals surface area contributed by atoms with E-state index in [1.807, 2.05) is 0 Å². The third-order valence-electron chi connectivity index (χ3n) is 15.1. The molecule has 8 aromatic rings. The Hall–Kier alpha value is -5.48. The number of hydrogen-bond acceptors (Lipinski definition) is 2. The first-order chi connectivity index (χ1) is 27.6. The second-order valence-corrected chi connectivity index (χ2v) is 20.8. The van der Waals surface area contributed by atoms with Crippen LogP contribution < -0.4 is 15.8 Å². The minimum Gasteiger partial charge on any atom is -0.454 e. The molecule has 0 saturated carbocycles. The van der Waals surface area contributed by atoms with Crippen molar-refractivity contribution >= 4 is 67.8 Å². The van der Waals surface area contributed by atoms with Gasteiger partial charge in [-0.15, -0.1) is 0 Å². The number of nitrogens with zero attached hydrogens (tertiary/aromatic N) is 2. The Morgan fingerprint density at radius 2 is 1.28 bits per heavy atom. The normalized spacial score (nSPS) is 17.7. The van der Waals surface area contributed by atoms with Crippen LogP contribution in [0.3, 0.4) is 0 Å². The van der Waals surface area contributed by atoms with Crippen LogP contribution in [0.1, 0.15) is 109 Å². The quantitative estimate of drug-likeness (QED) is 0.156. The SMILES string of the molecule is Cc1cc2c(cc1N1c3cc(C(C)(C)C)cc4c3B(c3c1ccc1c3C(C)(C)c3ccccc3-1)n1c3c-4cccc3c3oc4ccccc4c31)C(C)(C)CCC2(C)C. The summed E-state index contributed by atoms with van der Waals surface area (Å²) in [5.74, 6) is 0. The molecule has 4 heterocycles. The molecular formula is C54H51BN2O. The third-order valence-corrected chi connectivity index (χ3v) is 15.1. The second-order valence-electron chi connectivity index (χ2n) is 20.8. The Balaban J connectivity index is 1.29. The average Bonchev–Trinajstić information content (AvgIpc) is 3.80. The summed E-state index contributed by atoms with van der Waals surface area (Å²) in [7, 11) is 0. The molecule has 0 amide bonds. The van der Waals surface area contributed by atoms with Crippen LogP contribution in [0.4, 0.5) is 17.1 Å². The van der Waals surface area contributed by atoms with E-state index in [1.54, 1.807) is 0 Å². The van der Waals surface area contributed by atoms with Crippen molar-refractivity contribution in [2.45, 2.75) is 104 Å². The van der Waals surface area contributed by atoms with Crippen LogP contribution >= 0.6 is 0 Å². The topological polar surface area (TPSA) is 21.3 Å². The Morgan fingerprint density at radius 3 is 2.05 bits per heavy atom. The highest BCUT2D eigenvalue weighted by molar-refractivity contribution is 6.90. The van der Waals surface area contributed by atoms with Crippen LogP contribution in [0.5, 0.6) is 0 Å². The van der Waals surface area contributed by atoms with Gasteiger partial charge >= 0.3 is 6.85 Å². The third kappa shape index (κ3) is 4.16. The summed E-state index contributed by atoms with van der Waals surface area (Å²) in [6.45, 7) is 24.1. The van der Waals surface area contributed by atoms with Gasteiger partial charge < -0.3 is 13.8 Å². The van der Waals surface area contributed by atoms with E-state index in [9.17, 15) is 0 Å². The van der Waals surface area contributed by atoms with E-state index in [2.05, 4.69) is 182 Å². The maximum absolute atomic E-state index is 6.89. The lowest BCUT2D eigenvalue weighted by molar-refractivity contribution is 0.332. The number of hydrogen-bond donors (Lipinski definition) is 0. The molecule has 4 heteroatoms. The number of para-hydroxylation sites is 2. The summed E-state index contributed by atoms with van der Waals surface area (Å²) in [4.78, 5) is 2.70. The fourth-order valence-electron chi connectivity index (χ4n) is 11.9. The van der Waals surface area contributed by atoms with E-state index in [-0.39, 0.29) is 28.5 Å². The number of benzene rings is 6. The summed E-state index contributed by atoms with van der Waals surface area (Å²) >= 11 is 0. The molecule has 0 bridgehead atoms. The Kier molecular flexibility index (Phi) is 6.41. The molecule has 0 N–H and O–H groups in total. The fraction of sp³-hybridized carbons (Fsp3) is 0.296. The zero-order valence-corrected chi connectivity index (χ0v) is 35.6. The van der Waals surface area contributed by atoms with Crippen LogP contribution in [0, 0.1) is 6.92 Å². The second kappa shape index (κ2) is 10.8. The maximum Gasteiger partial charge on any atom is 0.333 e. The molecule has 12 rings (SSSR count). The van der Waals surface area contributed by atoms with Crippen molar-refractivity contribution in [3.8, 4) is 22.3 Å². The van der Waals surface area contributed by atoms with Gasteiger partial charge in [0.2, 0.25) is 0 Å². The predicted molar refractivity (Wildman–Crippen MR) is 246 cm³/mol. The zero-order valence-electron chi connectivity index (χ0n) is 35.6. The van der Waals surface area contributed by atoms with Crippen LogP contribution in [0.2, 0.25) is 0 Å². The lowest BCUT2D eigenvalue weighted by Gasteiger charge is -2.46. The lowest BCUT2D eigenvalue weighted by atomic mass is 9.43. The van der Waals surface area contributed by atoms with Crippen LogP contribution in [-0.4, -0.2) is 11.3 Å². The average molecular weight is 755 g/mol. The van der Waals surface area contributed by atoms with Gasteiger partial charge in [-0.3, -0.25) is 0 Å². The molecule has 58 heavy (non-hydrogen) atoms.